The minimum atomic E-state index is -0.516. The number of hydrogen-bond acceptors (Lipinski definition) is 3. The predicted molar refractivity (Wildman–Crippen MR) is 84.6 cm³/mol. The van der Waals surface area contributed by atoms with Crippen LogP contribution in [0.1, 0.15) is 75.1 Å². The van der Waals surface area contributed by atoms with Crippen molar-refractivity contribution in [3.05, 3.63) is 35.4 Å². The Bertz CT molecular complexity index is 499. The molecule has 0 unspecified atom stereocenters. The fraction of sp³-hybridized carbons (Fsp3) is 0.556. The Labute approximate surface area is 127 Å². The van der Waals surface area contributed by atoms with Gasteiger partial charge < -0.3 is 4.74 Å². The van der Waals surface area contributed by atoms with Gasteiger partial charge in [0, 0.05) is 12.0 Å². The fourth-order valence-corrected chi connectivity index (χ4v) is 1.76. The fourth-order valence-electron chi connectivity index (χ4n) is 1.76. The summed E-state index contributed by atoms with van der Waals surface area (Å²) >= 11 is 0. The zero-order valence-electron chi connectivity index (χ0n) is 13.9. The van der Waals surface area contributed by atoms with Crippen LogP contribution in [0.25, 0.3) is 0 Å². The number of benzene rings is 1. The molecule has 0 fully saturated rings. The lowest BCUT2D eigenvalue weighted by Gasteiger charge is -2.19. The van der Waals surface area contributed by atoms with Crippen LogP contribution in [0.15, 0.2) is 24.3 Å². The maximum absolute atomic E-state index is 12.1. The van der Waals surface area contributed by atoms with Gasteiger partial charge in [0.05, 0.1) is 5.56 Å². The molecule has 0 bridgehead atoms. The van der Waals surface area contributed by atoms with Crippen molar-refractivity contribution in [2.75, 3.05) is 0 Å². The molecule has 0 atom stereocenters. The largest absolute Gasteiger partial charge is 0.456 e. The summed E-state index contributed by atoms with van der Waals surface area (Å²) in [6.45, 7) is 11.8. The van der Waals surface area contributed by atoms with Gasteiger partial charge in [-0.3, -0.25) is 4.79 Å². The van der Waals surface area contributed by atoms with E-state index in [1.165, 1.54) is 0 Å². The molecule has 0 N–H and O–H groups in total. The molecule has 0 saturated carbocycles. The lowest BCUT2D eigenvalue weighted by molar-refractivity contribution is 0.00693. The second-order valence-corrected chi connectivity index (χ2v) is 7.56. The van der Waals surface area contributed by atoms with Crippen molar-refractivity contribution < 1.29 is 14.3 Å². The molecule has 1 aromatic rings. The predicted octanol–water partition coefficient (Wildman–Crippen LogP) is 4.65. The maximum atomic E-state index is 12.1. The Morgan fingerprint density at radius 1 is 0.905 bits per heavy atom. The van der Waals surface area contributed by atoms with Crippen LogP contribution >= 0.6 is 0 Å². The zero-order valence-corrected chi connectivity index (χ0v) is 13.9. The highest BCUT2D eigenvalue weighted by molar-refractivity contribution is 5.97. The third kappa shape index (κ3) is 6.56. The first-order chi connectivity index (χ1) is 9.48. The second kappa shape index (κ2) is 6.42. The zero-order chi connectivity index (χ0) is 16.3. The van der Waals surface area contributed by atoms with Crippen molar-refractivity contribution >= 4 is 11.8 Å². The van der Waals surface area contributed by atoms with Crippen LogP contribution in [0.5, 0.6) is 0 Å². The highest BCUT2D eigenvalue weighted by Gasteiger charge is 2.18. The van der Waals surface area contributed by atoms with Gasteiger partial charge in [-0.1, -0.05) is 32.9 Å². The van der Waals surface area contributed by atoms with Gasteiger partial charge in [0.2, 0.25) is 0 Å². The number of carbonyl (C=O) groups excluding carboxylic acids is 2. The van der Waals surface area contributed by atoms with Crippen LogP contribution in [0, 0.1) is 5.41 Å². The molecular formula is C18H26O3. The molecule has 1 rings (SSSR count). The van der Waals surface area contributed by atoms with E-state index in [4.69, 9.17) is 4.74 Å². The van der Waals surface area contributed by atoms with E-state index in [2.05, 4.69) is 20.8 Å². The molecule has 0 heterocycles. The number of esters is 1. The van der Waals surface area contributed by atoms with Crippen LogP contribution in [0.3, 0.4) is 0 Å². The molecule has 116 valence electrons. The molecule has 21 heavy (non-hydrogen) atoms. The molecule has 0 radical (unpaired) electrons. The standard InChI is InChI=1S/C18H26O3/c1-17(2,3)12-11-15(19)13-7-9-14(10-8-13)16(20)21-18(4,5)6/h7-10H,11-12H2,1-6H3. The number of rotatable bonds is 4. The van der Waals surface area contributed by atoms with Gasteiger partial charge in [0.15, 0.2) is 5.78 Å². The Kier molecular flexibility index (Phi) is 5.32. The lowest BCUT2D eigenvalue weighted by Crippen LogP contribution is -2.23. The second-order valence-electron chi connectivity index (χ2n) is 7.56. The van der Waals surface area contributed by atoms with Crippen LogP contribution in [0.4, 0.5) is 0 Å². The number of ketones is 1. The van der Waals surface area contributed by atoms with Crippen molar-refractivity contribution in [1.29, 1.82) is 0 Å². The number of hydrogen-bond donors (Lipinski definition) is 0. The molecule has 0 saturated heterocycles. The van der Waals surface area contributed by atoms with Crippen LogP contribution in [-0.2, 0) is 4.74 Å². The summed E-state index contributed by atoms with van der Waals surface area (Å²) in [4.78, 5) is 24.0. The highest BCUT2D eigenvalue weighted by atomic mass is 16.6. The molecule has 0 aliphatic rings. The average Bonchev–Trinajstić information content (AvgIpc) is 2.33. The van der Waals surface area contributed by atoms with E-state index in [-0.39, 0.29) is 17.2 Å². The van der Waals surface area contributed by atoms with E-state index in [0.29, 0.717) is 17.5 Å². The molecule has 0 amide bonds. The monoisotopic (exact) mass is 290 g/mol. The van der Waals surface area contributed by atoms with Crippen molar-refractivity contribution in [2.24, 2.45) is 5.41 Å². The van der Waals surface area contributed by atoms with Crippen molar-refractivity contribution in [1.82, 2.24) is 0 Å². The average molecular weight is 290 g/mol. The summed E-state index contributed by atoms with van der Waals surface area (Å²) in [6, 6.07) is 6.70. The van der Waals surface area contributed by atoms with Crippen molar-refractivity contribution in [2.45, 2.75) is 60.0 Å². The Morgan fingerprint density at radius 3 is 1.81 bits per heavy atom. The summed E-state index contributed by atoms with van der Waals surface area (Å²) in [5, 5.41) is 0. The van der Waals surface area contributed by atoms with Gasteiger partial charge >= 0.3 is 5.97 Å². The molecular weight excluding hydrogens is 264 g/mol. The van der Waals surface area contributed by atoms with Crippen molar-refractivity contribution in [3.63, 3.8) is 0 Å². The summed E-state index contributed by atoms with van der Waals surface area (Å²) in [5.41, 5.74) is 0.744. The maximum Gasteiger partial charge on any atom is 0.338 e. The molecule has 3 heteroatoms. The van der Waals surface area contributed by atoms with Crippen LogP contribution in [0.2, 0.25) is 0 Å². The molecule has 0 aliphatic carbocycles. The summed E-state index contributed by atoms with van der Waals surface area (Å²) in [5.74, 6) is -0.253. The Morgan fingerprint density at radius 2 is 1.38 bits per heavy atom. The van der Waals surface area contributed by atoms with E-state index in [9.17, 15) is 9.59 Å². The van der Waals surface area contributed by atoms with Crippen LogP contribution in [-0.4, -0.2) is 17.4 Å². The molecule has 1 aromatic carbocycles. The number of ether oxygens (including phenoxy) is 1. The first-order valence-electron chi connectivity index (χ1n) is 7.34. The van der Waals surface area contributed by atoms with Gasteiger partial charge in [-0.05, 0) is 44.7 Å². The molecule has 0 spiro atoms. The highest BCUT2D eigenvalue weighted by Crippen LogP contribution is 2.22. The Balaban J connectivity index is 2.70. The van der Waals surface area contributed by atoms with E-state index in [1.807, 2.05) is 20.8 Å². The summed E-state index contributed by atoms with van der Waals surface area (Å²) in [6.07, 6.45) is 1.37. The Hall–Kier alpha value is -1.64. The van der Waals surface area contributed by atoms with Crippen molar-refractivity contribution in [3.8, 4) is 0 Å². The first kappa shape index (κ1) is 17.4. The third-order valence-corrected chi connectivity index (χ3v) is 2.94. The minimum Gasteiger partial charge on any atom is -0.456 e. The third-order valence-electron chi connectivity index (χ3n) is 2.94. The van der Waals surface area contributed by atoms with Gasteiger partial charge in [0.25, 0.3) is 0 Å². The molecule has 0 aromatic heterocycles. The first-order valence-corrected chi connectivity index (χ1v) is 7.34. The minimum absolute atomic E-state index is 0.112. The topological polar surface area (TPSA) is 43.4 Å². The van der Waals surface area contributed by atoms with E-state index in [0.717, 1.165) is 6.42 Å². The SMILES string of the molecule is CC(C)(C)CCC(=O)c1ccc(C(=O)OC(C)(C)C)cc1. The van der Waals surface area contributed by atoms with Gasteiger partial charge in [-0.2, -0.15) is 0 Å². The van der Waals surface area contributed by atoms with Gasteiger partial charge in [-0.25, -0.2) is 4.79 Å². The lowest BCUT2D eigenvalue weighted by atomic mass is 9.88. The van der Waals surface area contributed by atoms with Gasteiger partial charge in [0.1, 0.15) is 5.60 Å². The van der Waals surface area contributed by atoms with Crippen LogP contribution < -0.4 is 0 Å². The molecule has 3 nitrogen and oxygen atoms in total. The number of carbonyl (C=O) groups is 2. The number of Topliss-reactive ketones (excluding diaryl/α,β-unsaturated/α-hetero) is 1. The van der Waals surface area contributed by atoms with E-state index >= 15 is 0 Å². The molecule has 0 aliphatic heterocycles. The van der Waals surface area contributed by atoms with E-state index in [1.54, 1.807) is 24.3 Å². The smallest absolute Gasteiger partial charge is 0.338 e. The normalized spacial score (nSPS) is 12.1. The quantitative estimate of drug-likeness (QED) is 0.598. The summed E-state index contributed by atoms with van der Waals surface area (Å²) < 4.78 is 5.29. The summed E-state index contributed by atoms with van der Waals surface area (Å²) in [7, 11) is 0. The van der Waals surface area contributed by atoms with Gasteiger partial charge in [-0.15, -0.1) is 0 Å². The van der Waals surface area contributed by atoms with E-state index < -0.39 is 5.60 Å².